The van der Waals surface area contributed by atoms with Crippen LogP contribution in [0.3, 0.4) is 0 Å². The van der Waals surface area contributed by atoms with Crippen LogP contribution in [0.25, 0.3) is 49.8 Å². The van der Waals surface area contributed by atoms with Gasteiger partial charge in [-0.25, -0.2) is 9.97 Å². The summed E-state index contributed by atoms with van der Waals surface area (Å²) < 4.78 is 4.70. The number of imidazole rings is 2. The number of thiazole rings is 1. The number of aryl methyl sites for hydroxylation is 4. The average Bonchev–Trinajstić information content (AvgIpc) is 3.82. The molecule has 0 saturated heterocycles. The molecule has 208 valence electrons. The molecule has 1 aliphatic rings. The number of aromatic nitrogens is 8. The van der Waals surface area contributed by atoms with Crippen molar-refractivity contribution in [2.45, 2.75) is 52.5 Å². The second kappa shape index (κ2) is 10.0. The van der Waals surface area contributed by atoms with E-state index in [-0.39, 0.29) is 0 Å². The quantitative estimate of drug-likeness (QED) is 0.231. The molecule has 0 radical (unpaired) electrons. The van der Waals surface area contributed by atoms with E-state index in [0.29, 0.717) is 5.82 Å². The van der Waals surface area contributed by atoms with Crippen LogP contribution in [-0.2, 0) is 25.8 Å². The molecule has 1 N–H and O–H groups in total. The van der Waals surface area contributed by atoms with Crippen molar-refractivity contribution in [2.75, 3.05) is 0 Å². The van der Waals surface area contributed by atoms with Crippen molar-refractivity contribution in [3.05, 3.63) is 94.4 Å². The third-order valence-corrected chi connectivity index (χ3v) is 9.58. The fourth-order valence-corrected chi connectivity index (χ4v) is 7.51. The summed E-state index contributed by atoms with van der Waals surface area (Å²) in [5.41, 5.74) is 11.4. The van der Waals surface area contributed by atoms with Crippen LogP contribution in [0.5, 0.6) is 0 Å². The van der Waals surface area contributed by atoms with Crippen LogP contribution in [0.15, 0.2) is 66.9 Å². The Labute approximate surface area is 247 Å². The predicted octanol–water partition coefficient (Wildman–Crippen LogP) is 7.06. The van der Waals surface area contributed by atoms with Gasteiger partial charge in [0, 0.05) is 40.9 Å². The van der Waals surface area contributed by atoms with E-state index in [4.69, 9.17) is 9.97 Å². The highest BCUT2D eigenvalue weighted by molar-refractivity contribution is 7.17. The van der Waals surface area contributed by atoms with Crippen molar-refractivity contribution in [3.8, 4) is 33.8 Å². The minimum absolute atomic E-state index is 0.593. The number of aromatic amines is 1. The molecule has 0 atom stereocenters. The SMILES string of the molecule is CCc1nc2c(C)cc(-c3cn4c5c(sc4n3)CCCC5)cc2n1Cc1ccc(-c2ccccc2-c2nn[nH]n2)cc1. The second-order valence-corrected chi connectivity index (χ2v) is 12.1. The number of fused-ring (bicyclic) bond motifs is 4. The molecule has 9 heteroatoms. The molecule has 8 rings (SSSR count). The van der Waals surface area contributed by atoms with E-state index in [0.717, 1.165) is 69.2 Å². The van der Waals surface area contributed by atoms with Crippen LogP contribution < -0.4 is 0 Å². The zero-order valence-electron chi connectivity index (χ0n) is 23.6. The smallest absolute Gasteiger partial charge is 0.205 e. The van der Waals surface area contributed by atoms with E-state index in [1.54, 1.807) is 0 Å². The Morgan fingerprint density at radius 1 is 0.929 bits per heavy atom. The number of H-pyrrole nitrogens is 1. The van der Waals surface area contributed by atoms with Crippen molar-refractivity contribution in [2.24, 2.45) is 0 Å². The Kier molecular flexibility index (Phi) is 5.99. The van der Waals surface area contributed by atoms with Crippen LogP contribution in [0.2, 0.25) is 0 Å². The summed E-state index contributed by atoms with van der Waals surface area (Å²) in [6, 6.07) is 21.4. The summed E-state index contributed by atoms with van der Waals surface area (Å²) in [5, 5.41) is 14.7. The normalized spacial score (nSPS) is 13.3. The highest BCUT2D eigenvalue weighted by Crippen LogP contribution is 2.34. The van der Waals surface area contributed by atoms with E-state index in [1.165, 1.54) is 41.0 Å². The van der Waals surface area contributed by atoms with Crippen molar-refractivity contribution in [3.63, 3.8) is 0 Å². The molecule has 0 saturated carbocycles. The Hall–Kier alpha value is -4.63. The van der Waals surface area contributed by atoms with Gasteiger partial charge in [0.2, 0.25) is 5.82 Å². The first-order valence-electron chi connectivity index (χ1n) is 14.6. The monoisotopic (exact) mass is 570 g/mol. The van der Waals surface area contributed by atoms with Crippen LogP contribution >= 0.6 is 11.3 Å². The van der Waals surface area contributed by atoms with Crippen LogP contribution in [0, 0.1) is 6.92 Å². The highest BCUT2D eigenvalue weighted by Gasteiger charge is 2.20. The lowest BCUT2D eigenvalue weighted by molar-refractivity contribution is 0.674. The summed E-state index contributed by atoms with van der Waals surface area (Å²) in [4.78, 5) is 12.8. The number of rotatable bonds is 6. The number of nitrogens with one attached hydrogen (secondary N) is 1. The van der Waals surface area contributed by atoms with Gasteiger partial charge < -0.3 is 4.57 Å². The fourth-order valence-electron chi connectivity index (χ4n) is 6.32. The second-order valence-electron chi connectivity index (χ2n) is 11.1. The molecule has 0 amide bonds. The molecule has 3 aromatic carbocycles. The van der Waals surface area contributed by atoms with Gasteiger partial charge in [-0.1, -0.05) is 55.5 Å². The third kappa shape index (κ3) is 4.15. The van der Waals surface area contributed by atoms with Crippen LogP contribution in [-0.4, -0.2) is 39.6 Å². The first-order valence-corrected chi connectivity index (χ1v) is 15.4. The van der Waals surface area contributed by atoms with Gasteiger partial charge in [-0.3, -0.25) is 4.40 Å². The van der Waals surface area contributed by atoms with Gasteiger partial charge in [0.15, 0.2) is 4.96 Å². The van der Waals surface area contributed by atoms with Gasteiger partial charge in [-0.15, -0.1) is 21.5 Å². The molecular formula is C33H30N8S. The van der Waals surface area contributed by atoms with Gasteiger partial charge in [-0.2, -0.15) is 5.21 Å². The predicted molar refractivity (Wildman–Crippen MR) is 167 cm³/mol. The Morgan fingerprint density at radius 2 is 1.76 bits per heavy atom. The summed E-state index contributed by atoms with van der Waals surface area (Å²) in [7, 11) is 0. The number of hydrogen-bond acceptors (Lipinski definition) is 6. The maximum atomic E-state index is 5.08. The summed E-state index contributed by atoms with van der Waals surface area (Å²) in [6.07, 6.45) is 8.00. The minimum atomic E-state index is 0.593. The van der Waals surface area contributed by atoms with Crippen molar-refractivity contribution in [1.82, 2.24) is 39.6 Å². The average molecular weight is 571 g/mol. The molecule has 42 heavy (non-hydrogen) atoms. The molecule has 4 aromatic heterocycles. The van der Waals surface area contributed by atoms with Crippen LogP contribution in [0.4, 0.5) is 0 Å². The summed E-state index contributed by atoms with van der Waals surface area (Å²) in [6.45, 7) is 5.10. The number of hydrogen-bond donors (Lipinski definition) is 1. The number of nitrogens with zero attached hydrogens (tertiary/aromatic N) is 7. The van der Waals surface area contributed by atoms with E-state index >= 15 is 0 Å². The van der Waals surface area contributed by atoms with Gasteiger partial charge in [0.1, 0.15) is 5.82 Å². The summed E-state index contributed by atoms with van der Waals surface area (Å²) >= 11 is 1.86. The standard InChI is InChI=1S/C33H30N8S/c1-3-30-35-31-20(2)16-23(26-19-41-27-10-6-7-11-29(27)42-33(41)34-26)17-28(31)40(30)18-21-12-14-22(15-13-21)24-8-4-5-9-25(24)32-36-38-39-37-32/h4-5,8-9,12-17,19H,3,6-7,10-11,18H2,1-2H3,(H,36,37,38,39). The van der Waals surface area contributed by atoms with Gasteiger partial charge in [0.25, 0.3) is 0 Å². The Balaban J connectivity index is 1.15. The maximum Gasteiger partial charge on any atom is 0.205 e. The molecule has 0 spiro atoms. The minimum Gasteiger partial charge on any atom is -0.323 e. The van der Waals surface area contributed by atoms with E-state index < -0.39 is 0 Å². The van der Waals surface area contributed by atoms with Gasteiger partial charge >= 0.3 is 0 Å². The lowest BCUT2D eigenvalue weighted by Gasteiger charge is -2.12. The molecule has 7 aromatic rings. The van der Waals surface area contributed by atoms with Crippen molar-refractivity contribution < 1.29 is 0 Å². The number of benzene rings is 3. The van der Waals surface area contributed by atoms with Gasteiger partial charge in [0.05, 0.1) is 16.7 Å². The third-order valence-electron chi connectivity index (χ3n) is 8.42. The van der Waals surface area contributed by atoms with E-state index in [2.05, 4.69) is 92.1 Å². The molecule has 0 bridgehead atoms. The molecule has 4 heterocycles. The number of tetrazole rings is 1. The lowest BCUT2D eigenvalue weighted by Crippen LogP contribution is -2.04. The fraction of sp³-hybridized carbons (Fsp3) is 0.242. The molecular weight excluding hydrogens is 540 g/mol. The molecule has 0 fully saturated rings. The topological polar surface area (TPSA) is 89.6 Å². The molecule has 1 aliphatic carbocycles. The summed E-state index contributed by atoms with van der Waals surface area (Å²) in [5.74, 6) is 1.69. The Morgan fingerprint density at radius 3 is 2.57 bits per heavy atom. The molecule has 0 unspecified atom stereocenters. The van der Waals surface area contributed by atoms with Crippen molar-refractivity contribution in [1.29, 1.82) is 0 Å². The zero-order valence-corrected chi connectivity index (χ0v) is 24.4. The first kappa shape index (κ1) is 25.1. The van der Waals surface area contributed by atoms with E-state index in [9.17, 15) is 0 Å². The van der Waals surface area contributed by atoms with E-state index in [1.807, 2.05) is 29.5 Å². The largest absolute Gasteiger partial charge is 0.323 e. The lowest BCUT2D eigenvalue weighted by atomic mass is 9.98. The maximum absolute atomic E-state index is 5.08. The van der Waals surface area contributed by atoms with Crippen LogP contribution in [0.1, 0.15) is 47.3 Å². The Bertz CT molecular complexity index is 2060. The van der Waals surface area contributed by atoms with Crippen molar-refractivity contribution >= 4 is 27.3 Å². The first-order chi connectivity index (χ1) is 20.7. The van der Waals surface area contributed by atoms with Gasteiger partial charge in [-0.05, 0) is 72.2 Å². The molecule has 8 nitrogen and oxygen atoms in total. The highest BCUT2D eigenvalue weighted by atomic mass is 32.1. The zero-order chi connectivity index (χ0) is 28.2. The molecule has 0 aliphatic heterocycles.